The van der Waals surface area contributed by atoms with Crippen LogP contribution < -0.4 is 0 Å². The molecule has 1 fully saturated rings. The maximum Gasteiger partial charge on any atom is 0.309 e. The van der Waals surface area contributed by atoms with Crippen LogP contribution in [0.2, 0.25) is 0 Å². The zero-order chi connectivity index (χ0) is 16.4. The fourth-order valence-electron chi connectivity index (χ4n) is 2.98. The van der Waals surface area contributed by atoms with Crippen molar-refractivity contribution in [1.82, 2.24) is 9.88 Å². The summed E-state index contributed by atoms with van der Waals surface area (Å²) < 4.78 is 0. The molecule has 1 aliphatic rings. The first kappa shape index (κ1) is 15.7. The normalized spacial score (nSPS) is 20.7. The van der Waals surface area contributed by atoms with Crippen LogP contribution in [0.5, 0.6) is 0 Å². The van der Waals surface area contributed by atoms with E-state index < -0.39 is 11.9 Å². The molecule has 1 saturated heterocycles. The molecule has 2 aromatic rings. The number of amides is 1. The average Bonchev–Trinajstić information content (AvgIpc) is 3.22. The quantitative estimate of drug-likeness (QED) is 0.935. The number of carboxylic acids is 1. The third kappa shape index (κ3) is 3.12. The average molecular weight is 330 g/mol. The fourth-order valence-corrected chi connectivity index (χ4v) is 3.78. The van der Waals surface area contributed by atoms with Gasteiger partial charge in [-0.25, -0.2) is 0 Å². The van der Waals surface area contributed by atoms with Gasteiger partial charge in [-0.05, 0) is 24.6 Å². The Morgan fingerprint density at radius 1 is 1.39 bits per heavy atom. The van der Waals surface area contributed by atoms with Gasteiger partial charge < -0.3 is 10.0 Å². The van der Waals surface area contributed by atoms with E-state index in [4.69, 9.17) is 0 Å². The number of aromatic nitrogens is 1. The molecule has 0 bridgehead atoms. The van der Waals surface area contributed by atoms with E-state index in [0.29, 0.717) is 12.1 Å². The Labute approximate surface area is 138 Å². The highest BCUT2D eigenvalue weighted by molar-refractivity contribution is 7.10. The van der Waals surface area contributed by atoms with Crippen molar-refractivity contribution < 1.29 is 14.7 Å². The summed E-state index contributed by atoms with van der Waals surface area (Å²) in [5, 5.41) is 11.3. The van der Waals surface area contributed by atoms with E-state index in [1.165, 1.54) is 0 Å². The number of nitrogens with zero attached hydrogens (tertiary/aromatic N) is 2. The number of likely N-dealkylation sites (tertiary alicyclic amines) is 1. The zero-order valence-electron chi connectivity index (χ0n) is 12.8. The summed E-state index contributed by atoms with van der Waals surface area (Å²) in [6, 6.07) is 7.37. The van der Waals surface area contributed by atoms with Gasteiger partial charge >= 0.3 is 5.97 Å². The van der Waals surface area contributed by atoms with Gasteiger partial charge in [-0.1, -0.05) is 13.0 Å². The van der Waals surface area contributed by atoms with Crippen LogP contribution in [0.25, 0.3) is 0 Å². The lowest BCUT2D eigenvalue weighted by molar-refractivity contribution is -0.141. The monoisotopic (exact) mass is 330 g/mol. The van der Waals surface area contributed by atoms with Crippen molar-refractivity contribution >= 4 is 23.2 Å². The minimum absolute atomic E-state index is 0.0920. The minimum atomic E-state index is -0.879. The van der Waals surface area contributed by atoms with E-state index in [9.17, 15) is 14.7 Å². The van der Waals surface area contributed by atoms with E-state index in [2.05, 4.69) is 4.98 Å². The Kier molecular flexibility index (Phi) is 4.43. The van der Waals surface area contributed by atoms with Crippen molar-refractivity contribution in [1.29, 1.82) is 0 Å². The lowest BCUT2D eigenvalue weighted by Crippen LogP contribution is -2.29. The van der Waals surface area contributed by atoms with Gasteiger partial charge in [-0.3, -0.25) is 14.6 Å². The topological polar surface area (TPSA) is 70.5 Å². The third-order valence-corrected chi connectivity index (χ3v) is 5.32. The highest BCUT2D eigenvalue weighted by Gasteiger charge is 2.41. The molecule has 0 aliphatic carbocycles. The summed E-state index contributed by atoms with van der Waals surface area (Å²) in [7, 11) is 0. The van der Waals surface area contributed by atoms with Crippen molar-refractivity contribution in [2.75, 3.05) is 13.1 Å². The molecule has 120 valence electrons. The van der Waals surface area contributed by atoms with Gasteiger partial charge in [0, 0.05) is 41.2 Å². The Morgan fingerprint density at radius 2 is 2.22 bits per heavy atom. The molecular formula is C17H18N2O3S. The molecule has 2 aromatic heterocycles. The van der Waals surface area contributed by atoms with Crippen LogP contribution in [0.3, 0.4) is 0 Å². The predicted octanol–water partition coefficient (Wildman–Crippen LogP) is 2.65. The standard InChI is InChI=1S/C17H18N2O3S/c1-2-12-7-11(10-23-12)16(20)19-8-13(14(9-19)17(21)22)15-5-3-4-6-18-15/h3-7,10,13-14H,2,8-9H2,1H3,(H,21,22)/t13-,14-/m1/s1. The van der Waals surface area contributed by atoms with Crippen molar-refractivity contribution in [3.63, 3.8) is 0 Å². The van der Waals surface area contributed by atoms with Gasteiger partial charge in [0.1, 0.15) is 0 Å². The molecule has 0 unspecified atom stereocenters. The molecule has 3 heterocycles. The molecule has 1 aliphatic heterocycles. The van der Waals surface area contributed by atoms with Crippen LogP contribution >= 0.6 is 11.3 Å². The van der Waals surface area contributed by atoms with E-state index in [0.717, 1.165) is 17.0 Å². The van der Waals surface area contributed by atoms with Gasteiger partial charge in [0.05, 0.1) is 11.5 Å². The van der Waals surface area contributed by atoms with Gasteiger partial charge in [0.15, 0.2) is 0 Å². The van der Waals surface area contributed by atoms with Crippen molar-refractivity contribution in [2.45, 2.75) is 19.3 Å². The number of carboxylic acid groups (broad SMARTS) is 1. The second-order valence-corrected chi connectivity index (χ2v) is 6.67. The summed E-state index contributed by atoms with van der Waals surface area (Å²) >= 11 is 1.56. The van der Waals surface area contributed by atoms with E-state index in [-0.39, 0.29) is 18.4 Å². The number of carbonyl (C=O) groups excluding carboxylic acids is 1. The SMILES string of the molecule is CCc1cc(C(=O)N2C[C@@H](C(=O)O)[C@H](c3ccccn3)C2)cs1. The van der Waals surface area contributed by atoms with Crippen molar-refractivity contribution in [3.05, 3.63) is 52.0 Å². The molecule has 0 radical (unpaired) electrons. The fraction of sp³-hybridized carbons (Fsp3) is 0.353. The Bertz CT molecular complexity index is 714. The molecular weight excluding hydrogens is 312 g/mol. The number of aliphatic carboxylic acids is 1. The van der Waals surface area contributed by atoms with Gasteiger partial charge in [-0.2, -0.15) is 0 Å². The van der Waals surface area contributed by atoms with Crippen molar-refractivity contribution in [2.24, 2.45) is 5.92 Å². The van der Waals surface area contributed by atoms with E-state index in [1.54, 1.807) is 28.5 Å². The summed E-state index contributed by atoms with van der Waals surface area (Å²) in [4.78, 5) is 31.3. The first-order chi connectivity index (χ1) is 11.1. The number of pyridine rings is 1. The lowest BCUT2D eigenvalue weighted by atomic mass is 9.93. The molecule has 5 nitrogen and oxygen atoms in total. The maximum atomic E-state index is 12.6. The molecule has 0 aromatic carbocycles. The van der Waals surface area contributed by atoms with Gasteiger partial charge in [0.25, 0.3) is 5.91 Å². The zero-order valence-corrected chi connectivity index (χ0v) is 13.6. The second-order valence-electron chi connectivity index (χ2n) is 5.67. The highest BCUT2D eigenvalue weighted by atomic mass is 32.1. The van der Waals surface area contributed by atoms with Gasteiger partial charge in [0.2, 0.25) is 0 Å². The van der Waals surface area contributed by atoms with Crippen LogP contribution in [0.1, 0.15) is 33.8 Å². The number of hydrogen-bond acceptors (Lipinski definition) is 4. The Balaban J connectivity index is 1.82. The number of aryl methyl sites for hydroxylation is 1. The van der Waals surface area contributed by atoms with Crippen LogP contribution in [0.4, 0.5) is 0 Å². The molecule has 6 heteroatoms. The van der Waals surface area contributed by atoms with Crippen LogP contribution in [-0.4, -0.2) is 40.0 Å². The predicted molar refractivity (Wildman–Crippen MR) is 87.7 cm³/mol. The Hall–Kier alpha value is -2.21. The molecule has 0 spiro atoms. The molecule has 1 amide bonds. The number of carbonyl (C=O) groups is 2. The summed E-state index contributed by atoms with van der Waals surface area (Å²) in [5.41, 5.74) is 1.38. The molecule has 3 rings (SSSR count). The van der Waals surface area contributed by atoms with E-state index >= 15 is 0 Å². The lowest BCUT2D eigenvalue weighted by Gasteiger charge is -2.15. The first-order valence-corrected chi connectivity index (χ1v) is 8.48. The number of rotatable bonds is 4. The molecule has 23 heavy (non-hydrogen) atoms. The summed E-state index contributed by atoms with van der Waals surface area (Å²) in [5.74, 6) is -1.85. The van der Waals surface area contributed by atoms with Crippen LogP contribution in [0, 0.1) is 5.92 Å². The highest BCUT2D eigenvalue weighted by Crippen LogP contribution is 2.33. The smallest absolute Gasteiger partial charge is 0.309 e. The maximum absolute atomic E-state index is 12.6. The first-order valence-electron chi connectivity index (χ1n) is 7.60. The number of thiophene rings is 1. The summed E-state index contributed by atoms with van der Waals surface area (Å²) in [6.07, 6.45) is 2.55. The van der Waals surface area contributed by atoms with Crippen molar-refractivity contribution in [3.8, 4) is 0 Å². The summed E-state index contributed by atoms with van der Waals surface area (Å²) in [6.45, 7) is 2.67. The second kappa shape index (κ2) is 6.50. The molecule has 0 saturated carbocycles. The molecule has 1 N–H and O–H groups in total. The minimum Gasteiger partial charge on any atom is -0.481 e. The van der Waals surface area contributed by atoms with Crippen LogP contribution in [0.15, 0.2) is 35.8 Å². The van der Waals surface area contributed by atoms with E-state index in [1.807, 2.05) is 30.5 Å². The number of hydrogen-bond donors (Lipinski definition) is 1. The molecule has 2 atom stereocenters. The third-order valence-electron chi connectivity index (χ3n) is 4.24. The largest absolute Gasteiger partial charge is 0.481 e. The van der Waals surface area contributed by atoms with Gasteiger partial charge in [-0.15, -0.1) is 11.3 Å². The van der Waals surface area contributed by atoms with Crippen LogP contribution in [-0.2, 0) is 11.2 Å². The Morgan fingerprint density at radius 3 is 2.83 bits per heavy atom.